The molecular formula is C10H6N4O2. The first-order valence-corrected chi connectivity index (χ1v) is 4.41. The van der Waals surface area contributed by atoms with Gasteiger partial charge >= 0.3 is 0 Å². The van der Waals surface area contributed by atoms with Gasteiger partial charge in [0, 0.05) is 12.3 Å². The average molecular weight is 214 g/mol. The maximum absolute atomic E-state index is 10.8. The maximum atomic E-state index is 10.8. The fraction of sp³-hybridized carbons (Fsp3) is 0. The molecule has 2 rings (SSSR count). The van der Waals surface area contributed by atoms with Crippen molar-refractivity contribution in [3.05, 3.63) is 52.3 Å². The van der Waals surface area contributed by atoms with Gasteiger partial charge in [0.25, 0.3) is 5.69 Å². The Morgan fingerprint density at radius 3 is 2.81 bits per heavy atom. The van der Waals surface area contributed by atoms with Crippen LogP contribution in [-0.2, 0) is 0 Å². The maximum Gasteiger partial charge on any atom is 0.294 e. The fourth-order valence-electron chi connectivity index (χ4n) is 1.32. The monoisotopic (exact) mass is 214 g/mol. The van der Waals surface area contributed by atoms with Gasteiger partial charge in [-0.2, -0.15) is 10.4 Å². The molecule has 0 radical (unpaired) electrons. The van der Waals surface area contributed by atoms with Crippen LogP contribution < -0.4 is 0 Å². The Hall–Kier alpha value is -2.68. The topological polar surface area (TPSA) is 84.8 Å². The molecule has 0 aliphatic carbocycles. The first kappa shape index (κ1) is 9.86. The van der Waals surface area contributed by atoms with Crippen LogP contribution in [0.5, 0.6) is 0 Å². The van der Waals surface area contributed by atoms with E-state index in [4.69, 9.17) is 5.26 Å². The van der Waals surface area contributed by atoms with Gasteiger partial charge in [0.05, 0.1) is 16.7 Å². The first-order valence-electron chi connectivity index (χ1n) is 4.41. The van der Waals surface area contributed by atoms with Crippen molar-refractivity contribution in [1.82, 2.24) is 9.78 Å². The first-order chi connectivity index (χ1) is 7.72. The number of nitrogens with zero attached hydrogens (tertiary/aromatic N) is 4. The Kier molecular flexibility index (Phi) is 2.36. The molecule has 0 aliphatic rings. The molecule has 16 heavy (non-hydrogen) atoms. The second kappa shape index (κ2) is 3.82. The number of hydrogen-bond donors (Lipinski definition) is 0. The van der Waals surface area contributed by atoms with E-state index < -0.39 is 4.92 Å². The summed E-state index contributed by atoms with van der Waals surface area (Å²) < 4.78 is 1.32. The van der Waals surface area contributed by atoms with Crippen molar-refractivity contribution in [1.29, 1.82) is 5.26 Å². The minimum Gasteiger partial charge on any atom is -0.258 e. The van der Waals surface area contributed by atoms with Crippen LogP contribution >= 0.6 is 0 Å². The van der Waals surface area contributed by atoms with Crippen molar-refractivity contribution >= 4 is 5.69 Å². The zero-order valence-electron chi connectivity index (χ0n) is 8.07. The van der Waals surface area contributed by atoms with Gasteiger partial charge in [0.15, 0.2) is 0 Å². The van der Waals surface area contributed by atoms with Crippen molar-refractivity contribution in [3.63, 3.8) is 0 Å². The van der Waals surface area contributed by atoms with Crippen LogP contribution in [0.15, 0.2) is 36.7 Å². The summed E-state index contributed by atoms with van der Waals surface area (Å²) in [7, 11) is 0. The summed E-state index contributed by atoms with van der Waals surface area (Å²) in [5, 5.41) is 23.3. The van der Waals surface area contributed by atoms with E-state index in [0.29, 0.717) is 11.3 Å². The highest BCUT2D eigenvalue weighted by Crippen LogP contribution is 2.21. The van der Waals surface area contributed by atoms with E-state index >= 15 is 0 Å². The second-order valence-corrected chi connectivity index (χ2v) is 3.03. The van der Waals surface area contributed by atoms with Gasteiger partial charge in [-0.15, -0.1) is 0 Å². The van der Waals surface area contributed by atoms with Crippen LogP contribution in [0.25, 0.3) is 5.69 Å². The summed E-state index contributed by atoms with van der Waals surface area (Å²) in [6, 6.07) is 8.14. The number of aromatic nitrogens is 2. The van der Waals surface area contributed by atoms with Crippen LogP contribution in [0, 0.1) is 21.4 Å². The zero-order chi connectivity index (χ0) is 11.5. The highest BCUT2D eigenvalue weighted by Gasteiger charge is 2.14. The molecule has 0 aliphatic heterocycles. The summed E-state index contributed by atoms with van der Waals surface area (Å²) in [6.07, 6.45) is 2.80. The number of nitro groups is 1. The lowest BCUT2D eigenvalue weighted by Crippen LogP contribution is -1.99. The third-order valence-corrected chi connectivity index (χ3v) is 2.04. The SMILES string of the molecule is N#Cc1cnn(-c2ccccc2[N+](=O)[O-])c1. The molecule has 0 saturated carbocycles. The van der Waals surface area contributed by atoms with Crippen LogP contribution in [0.3, 0.4) is 0 Å². The van der Waals surface area contributed by atoms with Gasteiger partial charge < -0.3 is 0 Å². The van der Waals surface area contributed by atoms with Crippen molar-refractivity contribution in [2.75, 3.05) is 0 Å². The molecule has 6 nitrogen and oxygen atoms in total. The zero-order valence-corrected chi connectivity index (χ0v) is 8.07. The Bertz CT molecular complexity index is 583. The summed E-state index contributed by atoms with van der Waals surface area (Å²) in [4.78, 5) is 10.3. The largest absolute Gasteiger partial charge is 0.294 e. The van der Waals surface area contributed by atoms with E-state index in [9.17, 15) is 10.1 Å². The average Bonchev–Trinajstić information content (AvgIpc) is 2.77. The van der Waals surface area contributed by atoms with Crippen molar-refractivity contribution in [2.45, 2.75) is 0 Å². The molecule has 0 bridgehead atoms. The van der Waals surface area contributed by atoms with Crippen molar-refractivity contribution in [3.8, 4) is 11.8 Å². The number of nitriles is 1. The van der Waals surface area contributed by atoms with Crippen molar-refractivity contribution in [2.24, 2.45) is 0 Å². The summed E-state index contributed by atoms with van der Waals surface area (Å²) in [6.45, 7) is 0. The van der Waals surface area contributed by atoms with Gasteiger partial charge in [0.1, 0.15) is 11.8 Å². The summed E-state index contributed by atoms with van der Waals surface area (Å²) >= 11 is 0. The van der Waals surface area contributed by atoms with Gasteiger partial charge in [-0.05, 0) is 6.07 Å². The molecule has 0 fully saturated rings. The van der Waals surface area contributed by atoms with Crippen LogP contribution in [0.2, 0.25) is 0 Å². The normalized spacial score (nSPS) is 9.69. The highest BCUT2D eigenvalue weighted by molar-refractivity contribution is 5.51. The standard InChI is InChI=1S/C10H6N4O2/c11-5-8-6-12-13(7-8)9-3-1-2-4-10(9)14(15)16/h1-4,6-7H. The van der Waals surface area contributed by atoms with E-state index in [1.807, 2.05) is 6.07 Å². The van der Waals surface area contributed by atoms with Crippen LogP contribution in [0.4, 0.5) is 5.69 Å². The van der Waals surface area contributed by atoms with E-state index in [0.717, 1.165) is 0 Å². The number of rotatable bonds is 2. The molecule has 1 aromatic heterocycles. The predicted octanol–water partition coefficient (Wildman–Crippen LogP) is 1.65. The van der Waals surface area contributed by atoms with Crippen molar-refractivity contribution < 1.29 is 4.92 Å². The van der Waals surface area contributed by atoms with E-state index in [2.05, 4.69) is 5.10 Å². The molecule has 0 amide bonds. The highest BCUT2D eigenvalue weighted by atomic mass is 16.6. The number of benzene rings is 1. The lowest BCUT2D eigenvalue weighted by molar-refractivity contribution is -0.384. The molecule has 6 heteroatoms. The number of hydrogen-bond acceptors (Lipinski definition) is 4. The van der Waals surface area contributed by atoms with Gasteiger partial charge in [-0.3, -0.25) is 10.1 Å². The third-order valence-electron chi connectivity index (χ3n) is 2.04. The van der Waals surface area contributed by atoms with E-state index in [1.165, 1.54) is 23.1 Å². The van der Waals surface area contributed by atoms with E-state index in [-0.39, 0.29) is 5.69 Å². The Labute approximate surface area is 90.5 Å². The quantitative estimate of drug-likeness (QED) is 0.562. The summed E-state index contributed by atoms with van der Waals surface area (Å²) in [5.74, 6) is 0. The number of para-hydroxylation sites is 2. The molecule has 1 aromatic carbocycles. The molecule has 0 N–H and O–H groups in total. The molecule has 0 unspecified atom stereocenters. The molecule has 0 atom stereocenters. The minimum absolute atomic E-state index is 0.0462. The van der Waals surface area contributed by atoms with Gasteiger partial charge in [-0.25, -0.2) is 4.68 Å². The minimum atomic E-state index is -0.483. The summed E-state index contributed by atoms with van der Waals surface area (Å²) in [5.41, 5.74) is 0.655. The Morgan fingerprint density at radius 1 is 1.44 bits per heavy atom. The molecule has 2 aromatic rings. The fourth-order valence-corrected chi connectivity index (χ4v) is 1.32. The predicted molar refractivity (Wildman–Crippen MR) is 54.9 cm³/mol. The Morgan fingerprint density at radius 2 is 2.19 bits per heavy atom. The lowest BCUT2D eigenvalue weighted by atomic mass is 10.3. The Balaban J connectivity index is 2.56. The van der Waals surface area contributed by atoms with E-state index in [1.54, 1.807) is 18.2 Å². The third kappa shape index (κ3) is 1.62. The van der Waals surface area contributed by atoms with Gasteiger partial charge in [0.2, 0.25) is 0 Å². The second-order valence-electron chi connectivity index (χ2n) is 3.03. The molecule has 0 spiro atoms. The lowest BCUT2D eigenvalue weighted by Gasteiger charge is -2.01. The molecule has 1 heterocycles. The van der Waals surface area contributed by atoms with Crippen LogP contribution in [-0.4, -0.2) is 14.7 Å². The van der Waals surface area contributed by atoms with Gasteiger partial charge in [-0.1, -0.05) is 12.1 Å². The molecule has 78 valence electrons. The number of nitro benzene ring substituents is 1. The molecular weight excluding hydrogens is 208 g/mol. The molecule has 0 saturated heterocycles. The smallest absolute Gasteiger partial charge is 0.258 e. The van der Waals surface area contributed by atoms with Crippen LogP contribution in [0.1, 0.15) is 5.56 Å².